The van der Waals surface area contributed by atoms with Crippen LogP contribution in [0.25, 0.3) is 21.2 Å². The van der Waals surface area contributed by atoms with Gasteiger partial charge in [-0.2, -0.15) is 0 Å². The van der Waals surface area contributed by atoms with Gasteiger partial charge in [0, 0.05) is 18.5 Å². The van der Waals surface area contributed by atoms with Crippen LogP contribution in [0.3, 0.4) is 0 Å². The average molecular weight is 428 g/mol. The summed E-state index contributed by atoms with van der Waals surface area (Å²) in [6, 6.07) is 15.1. The van der Waals surface area contributed by atoms with Gasteiger partial charge in [-0.1, -0.05) is 61.1 Å². The van der Waals surface area contributed by atoms with Crippen LogP contribution in [0.5, 0.6) is 0 Å². The molecule has 150 valence electrons. The topological polar surface area (TPSA) is 49.6 Å². The Kier molecular flexibility index (Phi) is 5.85. The van der Waals surface area contributed by atoms with Crippen LogP contribution in [0.2, 0.25) is 5.02 Å². The van der Waals surface area contributed by atoms with Crippen LogP contribution < -0.4 is 4.90 Å². The van der Waals surface area contributed by atoms with Crippen LogP contribution in [0, 0.1) is 0 Å². The van der Waals surface area contributed by atoms with Gasteiger partial charge in [-0.15, -0.1) is 0 Å². The Morgan fingerprint density at radius 2 is 1.90 bits per heavy atom. The van der Waals surface area contributed by atoms with Crippen molar-refractivity contribution in [3.63, 3.8) is 0 Å². The molecular weight excluding hydrogens is 406 g/mol. The van der Waals surface area contributed by atoms with E-state index >= 15 is 0 Å². The Bertz CT molecular complexity index is 1120. The van der Waals surface area contributed by atoms with Gasteiger partial charge in [0.15, 0.2) is 10.9 Å². The average Bonchev–Trinajstić information content (AvgIpc) is 3.36. The summed E-state index contributed by atoms with van der Waals surface area (Å²) >= 11 is 7.78. The molecule has 0 aliphatic carbocycles. The number of likely N-dealkylation sites (N-methyl/N-ethyl adjacent to an activating group) is 1. The normalized spacial score (nSPS) is 11.6. The standard InChI is InChI=1S/C22H22ClN3O2S/c1-3-25(4-2)12-13-26(22-24-20-16(23)9-7-11-19(20)29-22)21(27)18-14-15-8-5-6-10-17(15)28-18/h5-11,14H,3-4,12-13H2,1-2H3. The molecular formula is C22H22ClN3O2S. The van der Waals surface area contributed by atoms with Crippen molar-refractivity contribution in [1.29, 1.82) is 0 Å². The van der Waals surface area contributed by atoms with Crippen molar-refractivity contribution in [3.05, 3.63) is 59.3 Å². The fraction of sp³-hybridized carbons (Fsp3) is 0.273. The Morgan fingerprint density at radius 3 is 2.62 bits per heavy atom. The molecule has 0 aliphatic heterocycles. The van der Waals surface area contributed by atoms with E-state index in [0.29, 0.717) is 28.0 Å². The molecule has 29 heavy (non-hydrogen) atoms. The lowest BCUT2D eigenvalue weighted by Crippen LogP contribution is -2.38. The predicted octanol–water partition coefficient (Wildman–Crippen LogP) is 5.68. The van der Waals surface area contributed by atoms with Gasteiger partial charge in [0.2, 0.25) is 0 Å². The number of aromatic nitrogens is 1. The molecule has 2 aromatic heterocycles. The maximum atomic E-state index is 13.4. The molecule has 0 atom stereocenters. The third kappa shape index (κ3) is 4.01. The highest BCUT2D eigenvalue weighted by Crippen LogP contribution is 2.33. The zero-order chi connectivity index (χ0) is 20.4. The zero-order valence-corrected chi connectivity index (χ0v) is 18.0. The fourth-order valence-electron chi connectivity index (χ4n) is 3.30. The summed E-state index contributed by atoms with van der Waals surface area (Å²) in [5.74, 6) is 0.125. The first-order valence-corrected chi connectivity index (χ1v) is 10.9. The Balaban J connectivity index is 1.72. The summed E-state index contributed by atoms with van der Waals surface area (Å²) in [6.45, 7) is 7.36. The molecule has 0 fully saturated rings. The summed E-state index contributed by atoms with van der Waals surface area (Å²) in [4.78, 5) is 22.1. The van der Waals surface area contributed by atoms with Gasteiger partial charge >= 0.3 is 0 Å². The van der Waals surface area contributed by atoms with Crippen LogP contribution in [0.1, 0.15) is 24.4 Å². The van der Waals surface area contributed by atoms with Gasteiger partial charge in [-0.25, -0.2) is 4.98 Å². The summed E-state index contributed by atoms with van der Waals surface area (Å²) in [6.07, 6.45) is 0. The van der Waals surface area contributed by atoms with Gasteiger partial charge in [-0.05, 0) is 37.4 Å². The van der Waals surface area contributed by atoms with Crippen molar-refractivity contribution in [1.82, 2.24) is 9.88 Å². The van der Waals surface area contributed by atoms with E-state index in [0.717, 1.165) is 35.2 Å². The van der Waals surface area contributed by atoms with Crippen LogP contribution in [0.15, 0.2) is 52.9 Å². The SMILES string of the molecule is CCN(CC)CCN(C(=O)c1cc2ccccc2o1)c1nc2c(Cl)cccc2s1. The van der Waals surface area contributed by atoms with Crippen LogP contribution in [-0.2, 0) is 0 Å². The number of anilines is 1. The highest BCUT2D eigenvalue weighted by molar-refractivity contribution is 7.22. The molecule has 0 unspecified atom stereocenters. The van der Waals surface area contributed by atoms with Crippen molar-refractivity contribution in [2.75, 3.05) is 31.1 Å². The van der Waals surface area contributed by atoms with Gasteiger partial charge < -0.3 is 9.32 Å². The molecule has 0 aliphatic rings. The Morgan fingerprint density at radius 1 is 1.10 bits per heavy atom. The smallest absolute Gasteiger partial charge is 0.295 e. The molecule has 4 rings (SSSR count). The van der Waals surface area contributed by atoms with E-state index in [1.165, 1.54) is 11.3 Å². The second kappa shape index (κ2) is 8.53. The van der Waals surface area contributed by atoms with Crippen molar-refractivity contribution < 1.29 is 9.21 Å². The quantitative estimate of drug-likeness (QED) is 0.380. The van der Waals surface area contributed by atoms with E-state index in [2.05, 4.69) is 23.7 Å². The van der Waals surface area contributed by atoms with E-state index in [9.17, 15) is 4.79 Å². The monoisotopic (exact) mass is 427 g/mol. The number of halogens is 1. The molecule has 2 heterocycles. The first-order chi connectivity index (χ1) is 14.1. The molecule has 5 nitrogen and oxygen atoms in total. The maximum absolute atomic E-state index is 13.4. The largest absolute Gasteiger partial charge is 0.451 e. The van der Waals surface area contributed by atoms with Crippen molar-refractivity contribution >= 4 is 55.2 Å². The molecule has 0 saturated heterocycles. The fourth-order valence-corrected chi connectivity index (χ4v) is 4.59. The minimum absolute atomic E-state index is 0.191. The lowest BCUT2D eigenvalue weighted by molar-refractivity contribution is 0.0959. The number of hydrogen-bond acceptors (Lipinski definition) is 5. The number of nitrogens with zero attached hydrogens (tertiary/aromatic N) is 3. The van der Waals surface area contributed by atoms with Gasteiger partial charge in [0.1, 0.15) is 11.1 Å². The van der Waals surface area contributed by atoms with Crippen molar-refractivity contribution in [2.24, 2.45) is 0 Å². The summed E-state index contributed by atoms with van der Waals surface area (Å²) < 4.78 is 6.79. The first kappa shape index (κ1) is 19.9. The lowest BCUT2D eigenvalue weighted by Gasteiger charge is -2.24. The summed E-state index contributed by atoms with van der Waals surface area (Å²) in [5, 5.41) is 2.13. The van der Waals surface area contributed by atoms with Gasteiger partial charge in [0.05, 0.1) is 9.72 Å². The molecule has 7 heteroatoms. The molecule has 0 saturated carbocycles. The highest BCUT2D eigenvalue weighted by atomic mass is 35.5. The number of para-hydroxylation sites is 2. The lowest BCUT2D eigenvalue weighted by atomic mass is 10.2. The van der Waals surface area contributed by atoms with Crippen molar-refractivity contribution in [3.8, 4) is 0 Å². The Hall–Kier alpha value is -2.41. The van der Waals surface area contributed by atoms with E-state index < -0.39 is 0 Å². The van der Waals surface area contributed by atoms with Crippen LogP contribution in [0.4, 0.5) is 5.13 Å². The summed E-state index contributed by atoms with van der Waals surface area (Å²) in [7, 11) is 0. The first-order valence-electron chi connectivity index (χ1n) is 9.68. The number of furan rings is 1. The number of carbonyl (C=O) groups excluding carboxylic acids is 1. The number of fused-ring (bicyclic) bond motifs is 2. The van der Waals surface area contributed by atoms with Gasteiger partial charge in [0.25, 0.3) is 5.91 Å². The zero-order valence-electron chi connectivity index (χ0n) is 16.4. The molecule has 0 N–H and O–H groups in total. The predicted molar refractivity (Wildman–Crippen MR) is 120 cm³/mol. The minimum Gasteiger partial charge on any atom is -0.451 e. The number of amides is 1. The third-order valence-corrected chi connectivity index (χ3v) is 6.35. The molecule has 0 spiro atoms. The van der Waals surface area contributed by atoms with E-state index in [1.54, 1.807) is 11.0 Å². The molecule has 0 bridgehead atoms. The minimum atomic E-state index is -0.191. The van der Waals surface area contributed by atoms with E-state index in [1.807, 2.05) is 42.5 Å². The number of thiazole rings is 1. The second-order valence-corrected chi connectivity index (χ2v) is 8.13. The second-order valence-electron chi connectivity index (χ2n) is 6.72. The molecule has 4 aromatic rings. The van der Waals surface area contributed by atoms with Crippen LogP contribution >= 0.6 is 22.9 Å². The van der Waals surface area contributed by atoms with Crippen LogP contribution in [-0.4, -0.2) is 42.0 Å². The molecule has 0 radical (unpaired) electrons. The number of rotatable bonds is 7. The highest BCUT2D eigenvalue weighted by Gasteiger charge is 2.25. The van der Waals surface area contributed by atoms with Crippen molar-refractivity contribution in [2.45, 2.75) is 13.8 Å². The Labute approximate surface area is 178 Å². The number of benzene rings is 2. The van der Waals surface area contributed by atoms with E-state index in [4.69, 9.17) is 16.0 Å². The number of carbonyl (C=O) groups is 1. The maximum Gasteiger partial charge on any atom is 0.295 e. The van der Waals surface area contributed by atoms with Gasteiger partial charge in [-0.3, -0.25) is 9.69 Å². The summed E-state index contributed by atoms with van der Waals surface area (Å²) in [5.41, 5.74) is 1.42. The van der Waals surface area contributed by atoms with E-state index in [-0.39, 0.29) is 5.91 Å². The third-order valence-electron chi connectivity index (χ3n) is 5.01. The number of hydrogen-bond donors (Lipinski definition) is 0. The molecule has 1 amide bonds. The molecule has 2 aromatic carbocycles.